The van der Waals surface area contributed by atoms with Gasteiger partial charge in [0.25, 0.3) is 0 Å². The topological polar surface area (TPSA) is 76.9 Å². The SMILES string of the molecule is COCCn1nc(Cc2ccc(Br)cc2)c(C#N)c1N. The first-order valence-electron chi connectivity index (χ1n) is 6.14. The molecular formula is C14H15BrN4O. The first kappa shape index (κ1) is 14.6. The molecule has 2 N–H and O–H groups in total. The van der Waals surface area contributed by atoms with Gasteiger partial charge in [-0.25, -0.2) is 4.68 Å². The van der Waals surface area contributed by atoms with Crippen LogP contribution in [0.1, 0.15) is 16.8 Å². The Hall–Kier alpha value is -1.84. The molecule has 0 aliphatic rings. The summed E-state index contributed by atoms with van der Waals surface area (Å²) in [5.74, 6) is 0.400. The smallest absolute Gasteiger partial charge is 0.140 e. The van der Waals surface area contributed by atoms with Crippen molar-refractivity contribution in [2.45, 2.75) is 13.0 Å². The number of anilines is 1. The third-order valence-electron chi connectivity index (χ3n) is 2.97. The van der Waals surface area contributed by atoms with Crippen LogP contribution in [-0.4, -0.2) is 23.5 Å². The zero-order chi connectivity index (χ0) is 14.5. The van der Waals surface area contributed by atoms with Gasteiger partial charge in [0.2, 0.25) is 0 Å². The number of aromatic nitrogens is 2. The van der Waals surface area contributed by atoms with E-state index in [1.807, 2.05) is 24.3 Å². The number of nitriles is 1. The summed E-state index contributed by atoms with van der Waals surface area (Å²) in [5, 5.41) is 13.7. The molecule has 2 rings (SSSR count). The molecule has 0 saturated carbocycles. The van der Waals surface area contributed by atoms with Gasteiger partial charge < -0.3 is 10.5 Å². The van der Waals surface area contributed by atoms with Crippen LogP contribution < -0.4 is 5.73 Å². The molecule has 1 aromatic carbocycles. The predicted octanol–water partition coefficient (Wildman–Crippen LogP) is 2.34. The predicted molar refractivity (Wildman–Crippen MR) is 80.2 cm³/mol. The van der Waals surface area contributed by atoms with E-state index in [1.54, 1.807) is 11.8 Å². The van der Waals surface area contributed by atoms with Crippen LogP contribution in [0, 0.1) is 11.3 Å². The van der Waals surface area contributed by atoms with Crippen LogP contribution in [0.2, 0.25) is 0 Å². The van der Waals surface area contributed by atoms with E-state index in [2.05, 4.69) is 27.1 Å². The van der Waals surface area contributed by atoms with E-state index in [0.29, 0.717) is 36.6 Å². The molecule has 0 aliphatic heterocycles. The summed E-state index contributed by atoms with van der Waals surface area (Å²) in [6, 6.07) is 10.1. The number of halogens is 1. The lowest BCUT2D eigenvalue weighted by atomic mass is 10.1. The molecule has 6 heteroatoms. The lowest BCUT2D eigenvalue weighted by molar-refractivity contribution is 0.184. The minimum Gasteiger partial charge on any atom is -0.383 e. The van der Waals surface area contributed by atoms with Gasteiger partial charge >= 0.3 is 0 Å². The Kier molecular flexibility index (Phi) is 4.77. The summed E-state index contributed by atoms with van der Waals surface area (Å²) in [4.78, 5) is 0. The van der Waals surface area contributed by atoms with Gasteiger partial charge in [-0.3, -0.25) is 0 Å². The van der Waals surface area contributed by atoms with Crippen LogP contribution in [0.4, 0.5) is 5.82 Å². The fraction of sp³-hybridized carbons (Fsp3) is 0.286. The average Bonchev–Trinajstić information content (AvgIpc) is 2.74. The highest BCUT2D eigenvalue weighted by Gasteiger charge is 2.15. The highest BCUT2D eigenvalue weighted by molar-refractivity contribution is 9.10. The quantitative estimate of drug-likeness (QED) is 0.910. The number of nitrogens with two attached hydrogens (primary N) is 1. The fourth-order valence-electron chi connectivity index (χ4n) is 1.92. The number of nitrogen functional groups attached to an aromatic ring is 1. The molecule has 1 aromatic heterocycles. The van der Waals surface area contributed by atoms with Crippen LogP contribution >= 0.6 is 15.9 Å². The van der Waals surface area contributed by atoms with Crippen molar-refractivity contribution < 1.29 is 4.74 Å². The Bertz CT molecular complexity index is 628. The van der Waals surface area contributed by atoms with Gasteiger partial charge in [0.05, 0.1) is 18.8 Å². The van der Waals surface area contributed by atoms with E-state index in [9.17, 15) is 5.26 Å². The van der Waals surface area contributed by atoms with Crippen molar-refractivity contribution in [2.75, 3.05) is 19.5 Å². The minimum absolute atomic E-state index is 0.400. The molecule has 0 fully saturated rings. The van der Waals surface area contributed by atoms with Crippen molar-refractivity contribution in [3.05, 3.63) is 45.6 Å². The summed E-state index contributed by atoms with van der Waals surface area (Å²) >= 11 is 3.40. The van der Waals surface area contributed by atoms with Gasteiger partial charge in [0.1, 0.15) is 17.5 Å². The second-order valence-corrected chi connectivity index (χ2v) is 5.25. The van der Waals surface area contributed by atoms with Gasteiger partial charge in [-0.05, 0) is 17.7 Å². The first-order valence-corrected chi connectivity index (χ1v) is 6.93. The number of methoxy groups -OCH3 is 1. The Balaban J connectivity index is 2.27. The highest BCUT2D eigenvalue weighted by Crippen LogP contribution is 2.20. The summed E-state index contributed by atoms with van der Waals surface area (Å²) in [5.41, 5.74) is 8.18. The number of nitrogens with zero attached hydrogens (tertiary/aromatic N) is 3. The number of ether oxygens (including phenoxy) is 1. The Morgan fingerprint density at radius 2 is 2.10 bits per heavy atom. The number of rotatable bonds is 5. The van der Waals surface area contributed by atoms with E-state index in [1.165, 1.54) is 0 Å². The molecule has 0 atom stereocenters. The lowest BCUT2D eigenvalue weighted by Gasteiger charge is -2.01. The molecule has 0 bridgehead atoms. The average molecular weight is 335 g/mol. The monoisotopic (exact) mass is 334 g/mol. The van der Waals surface area contributed by atoms with Gasteiger partial charge in [0.15, 0.2) is 0 Å². The van der Waals surface area contributed by atoms with Crippen molar-refractivity contribution >= 4 is 21.7 Å². The van der Waals surface area contributed by atoms with E-state index >= 15 is 0 Å². The largest absolute Gasteiger partial charge is 0.383 e. The summed E-state index contributed by atoms with van der Waals surface area (Å²) < 4.78 is 7.65. The second-order valence-electron chi connectivity index (χ2n) is 4.34. The molecule has 104 valence electrons. The Morgan fingerprint density at radius 1 is 1.40 bits per heavy atom. The molecule has 5 nitrogen and oxygen atoms in total. The summed E-state index contributed by atoms with van der Waals surface area (Å²) in [6.07, 6.45) is 0.584. The van der Waals surface area contributed by atoms with Crippen molar-refractivity contribution in [2.24, 2.45) is 0 Å². The standard InChI is InChI=1S/C14H15BrN4O/c1-20-7-6-19-14(17)12(9-16)13(18-19)8-10-2-4-11(15)5-3-10/h2-5H,6-8,17H2,1H3. The molecule has 0 saturated heterocycles. The van der Waals surface area contributed by atoms with Crippen molar-refractivity contribution in [3.63, 3.8) is 0 Å². The molecule has 0 unspecified atom stereocenters. The third kappa shape index (κ3) is 3.18. The van der Waals surface area contributed by atoms with Crippen LogP contribution in [0.15, 0.2) is 28.7 Å². The Morgan fingerprint density at radius 3 is 2.70 bits per heavy atom. The van der Waals surface area contributed by atoms with Crippen molar-refractivity contribution in [3.8, 4) is 6.07 Å². The molecule has 2 aromatic rings. The number of benzene rings is 1. The molecule has 1 heterocycles. The number of hydrogen-bond acceptors (Lipinski definition) is 4. The maximum atomic E-state index is 9.24. The van der Waals surface area contributed by atoms with E-state index < -0.39 is 0 Å². The number of hydrogen-bond donors (Lipinski definition) is 1. The van der Waals surface area contributed by atoms with Crippen LogP contribution in [0.5, 0.6) is 0 Å². The van der Waals surface area contributed by atoms with Crippen LogP contribution in [0.3, 0.4) is 0 Å². The first-order chi connectivity index (χ1) is 9.65. The zero-order valence-electron chi connectivity index (χ0n) is 11.1. The van der Waals surface area contributed by atoms with Crippen LogP contribution in [0.25, 0.3) is 0 Å². The van der Waals surface area contributed by atoms with Crippen molar-refractivity contribution in [1.82, 2.24) is 9.78 Å². The molecule has 0 radical (unpaired) electrons. The Labute approximate surface area is 126 Å². The summed E-state index contributed by atoms with van der Waals surface area (Å²) in [6.45, 7) is 1.05. The third-order valence-corrected chi connectivity index (χ3v) is 3.50. The van der Waals surface area contributed by atoms with Gasteiger partial charge in [-0.1, -0.05) is 28.1 Å². The van der Waals surface area contributed by atoms with E-state index in [0.717, 1.165) is 10.0 Å². The zero-order valence-corrected chi connectivity index (χ0v) is 12.7. The summed E-state index contributed by atoms with van der Waals surface area (Å²) in [7, 11) is 1.62. The van der Waals surface area contributed by atoms with Gasteiger partial charge in [-0.2, -0.15) is 10.4 Å². The highest BCUT2D eigenvalue weighted by atomic mass is 79.9. The van der Waals surface area contributed by atoms with E-state index in [-0.39, 0.29) is 0 Å². The van der Waals surface area contributed by atoms with Crippen LogP contribution in [-0.2, 0) is 17.7 Å². The maximum Gasteiger partial charge on any atom is 0.140 e. The normalized spacial score (nSPS) is 10.4. The maximum absolute atomic E-state index is 9.24. The minimum atomic E-state index is 0.400. The lowest BCUT2D eigenvalue weighted by Crippen LogP contribution is -2.09. The van der Waals surface area contributed by atoms with E-state index in [4.69, 9.17) is 10.5 Å². The molecule has 0 spiro atoms. The molecule has 20 heavy (non-hydrogen) atoms. The molecule has 0 amide bonds. The second kappa shape index (κ2) is 6.55. The molecular weight excluding hydrogens is 320 g/mol. The molecule has 0 aliphatic carbocycles. The van der Waals surface area contributed by atoms with Gasteiger partial charge in [0, 0.05) is 18.0 Å². The van der Waals surface area contributed by atoms with Gasteiger partial charge in [-0.15, -0.1) is 0 Å². The fourth-order valence-corrected chi connectivity index (χ4v) is 2.18. The van der Waals surface area contributed by atoms with Crippen molar-refractivity contribution in [1.29, 1.82) is 5.26 Å².